The summed E-state index contributed by atoms with van der Waals surface area (Å²) in [6, 6.07) is 7.88. The van der Waals surface area contributed by atoms with Crippen LogP contribution in [0.3, 0.4) is 0 Å². The van der Waals surface area contributed by atoms with E-state index in [1.54, 1.807) is 0 Å². The van der Waals surface area contributed by atoms with Gasteiger partial charge in [-0.3, -0.25) is 9.20 Å². The Bertz CT molecular complexity index is 874. The largest absolute Gasteiger partial charge is 0.355 e. The minimum absolute atomic E-state index is 0.0185. The van der Waals surface area contributed by atoms with Gasteiger partial charge in [-0.05, 0) is 31.4 Å². The number of nitrogens with one attached hydrogen (secondary N) is 1. The maximum Gasteiger partial charge on any atom is 0.230 e. The molecule has 0 saturated heterocycles. The van der Waals surface area contributed by atoms with E-state index in [1.807, 2.05) is 35.6 Å². The van der Waals surface area contributed by atoms with Crippen molar-refractivity contribution < 1.29 is 4.79 Å². The minimum Gasteiger partial charge on any atom is -0.355 e. The Morgan fingerprint density at radius 2 is 2.08 bits per heavy atom. The second-order valence-corrected chi connectivity index (χ2v) is 7.10. The van der Waals surface area contributed by atoms with Crippen molar-refractivity contribution >= 4 is 34.3 Å². The van der Waals surface area contributed by atoms with Crippen LogP contribution in [0, 0.1) is 12.8 Å². The number of carbonyl (C=O) groups excluding carboxylic acids is 1. The molecule has 0 radical (unpaired) electrons. The van der Waals surface area contributed by atoms with E-state index in [1.165, 1.54) is 11.8 Å². The summed E-state index contributed by atoms with van der Waals surface area (Å²) in [5.41, 5.74) is 2.54. The monoisotopic (exact) mass is 343 g/mol. The lowest BCUT2D eigenvalue weighted by Gasteiger charge is -2.08. The number of hydrogen-bond acceptors (Lipinski definition) is 5. The summed E-state index contributed by atoms with van der Waals surface area (Å²) < 4.78 is 1.99. The fourth-order valence-corrected chi connectivity index (χ4v) is 3.27. The molecule has 0 spiro atoms. The highest BCUT2D eigenvalue weighted by atomic mass is 32.2. The summed E-state index contributed by atoms with van der Waals surface area (Å²) in [7, 11) is 0. The lowest BCUT2D eigenvalue weighted by Crippen LogP contribution is -2.26. The van der Waals surface area contributed by atoms with Crippen molar-refractivity contribution in [2.75, 3.05) is 12.3 Å². The van der Waals surface area contributed by atoms with Crippen LogP contribution in [0.2, 0.25) is 0 Å². The van der Waals surface area contributed by atoms with Crippen molar-refractivity contribution in [3.05, 3.63) is 30.1 Å². The Morgan fingerprint density at radius 3 is 2.88 bits per heavy atom. The minimum atomic E-state index is 0.0185. The van der Waals surface area contributed by atoms with Crippen molar-refractivity contribution in [3.63, 3.8) is 0 Å². The molecule has 2 aromatic heterocycles. The molecule has 0 fully saturated rings. The van der Waals surface area contributed by atoms with Gasteiger partial charge in [-0.1, -0.05) is 37.7 Å². The van der Waals surface area contributed by atoms with Crippen molar-refractivity contribution in [2.24, 2.45) is 5.92 Å². The van der Waals surface area contributed by atoms with Crippen molar-refractivity contribution in [1.82, 2.24) is 24.9 Å². The number of rotatable bonds is 6. The molecule has 0 aliphatic rings. The first-order valence-electron chi connectivity index (χ1n) is 8.06. The van der Waals surface area contributed by atoms with Gasteiger partial charge in [0.15, 0.2) is 5.65 Å². The molecule has 7 heteroatoms. The van der Waals surface area contributed by atoms with Gasteiger partial charge < -0.3 is 5.32 Å². The van der Waals surface area contributed by atoms with Gasteiger partial charge in [-0.25, -0.2) is 4.98 Å². The number of para-hydroxylation sites is 2. The van der Waals surface area contributed by atoms with Gasteiger partial charge >= 0.3 is 0 Å². The average Bonchev–Trinajstić information content (AvgIpc) is 2.95. The van der Waals surface area contributed by atoms with Gasteiger partial charge in [-0.2, -0.15) is 0 Å². The van der Waals surface area contributed by atoms with Gasteiger partial charge in [-0.15, -0.1) is 10.2 Å². The molecular weight excluding hydrogens is 322 g/mol. The molecule has 0 atom stereocenters. The normalized spacial score (nSPS) is 11.5. The van der Waals surface area contributed by atoms with E-state index in [0.717, 1.165) is 28.3 Å². The summed E-state index contributed by atoms with van der Waals surface area (Å²) in [4.78, 5) is 16.7. The lowest BCUT2D eigenvalue weighted by atomic mass is 10.1. The number of amides is 1. The fraction of sp³-hybridized carbons (Fsp3) is 0.412. The number of fused-ring (bicyclic) bond motifs is 3. The zero-order valence-electron chi connectivity index (χ0n) is 14.1. The third kappa shape index (κ3) is 3.51. The summed E-state index contributed by atoms with van der Waals surface area (Å²) in [6.45, 7) is 6.91. The molecule has 2 heterocycles. The van der Waals surface area contributed by atoms with E-state index in [0.29, 0.717) is 23.9 Å². The van der Waals surface area contributed by atoms with Crippen LogP contribution in [-0.2, 0) is 4.79 Å². The number of thioether (sulfide) groups is 1. The maximum atomic E-state index is 12.0. The number of benzene rings is 1. The zero-order valence-corrected chi connectivity index (χ0v) is 14.9. The molecule has 0 saturated carbocycles. The molecule has 3 aromatic rings. The number of aromatic nitrogens is 4. The van der Waals surface area contributed by atoms with Crippen LogP contribution in [0.1, 0.15) is 26.1 Å². The van der Waals surface area contributed by atoms with Gasteiger partial charge in [0.1, 0.15) is 10.9 Å². The van der Waals surface area contributed by atoms with Gasteiger partial charge in [0, 0.05) is 6.54 Å². The molecular formula is C17H21N5OS. The van der Waals surface area contributed by atoms with Crippen LogP contribution < -0.4 is 5.32 Å². The van der Waals surface area contributed by atoms with Crippen LogP contribution in [0.15, 0.2) is 29.3 Å². The van der Waals surface area contributed by atoms with Crippen molar-refractivity contribution in [1.29, 1.82) is 0 Å². The SMILES string of the molecule is Cc1nnc2c(SCC(=O)NCCC(C)C)nc3ccccc3n12. The summed E-state index contributed by atoms with van der Waals surface area (Å²) in [5.74, 6) is 1.74. The van der Waals surface area contributed by atoms with E-state index in [2.05, 4.69) is 34.3 Å². The Balaban J connectivity index is 1.80. The van der Waals surface area contributed by atoms with Crippen LogP contribution in [0.4, 0.5) is 0 Å². The first kappa shape index (κ1) is 16.7. The maximum absolute atomic E-state index is 12.0. The molecule has 3 rings (SSSR count). The Kier molecular flexibility index (Phi) is 4.99. The van der Waals surface area contributed by atoms with Crippen LogP contribution in [0.25, 0.3) is 16.7 Å². The molecule has 1 aromatic carbocycles. The number of nitrogens with zero attached hydrogens (tertiary/aromatic N) is 4. The summed E-state index contributed by atoms with van der Waals surface area (Å²) in [6.07, 6.45) is 0.984. The molecule has 6 nitrogen and oxygen atoms in total. The number of carbonyl (C=O) groups is 1. The first-order chi connectivity index (χ1) is 11.6. The average molecular weight is 343 g/mol. The highest BCUT2D eigenvalue weighted by Gasteiger charge is 2.14. The molecule has 1 N–H and O–H groups in total. The second kappa shape index (κ2) is 7.17. The number of aryl methyl sites for hydroxylation is 1. The highest BCUT2D eigenvalue weighted by molar-refractivity contribution is 8.00. The molecule has 1 amide bonds. The van der Waals surface area contributed by atoms with Crippen LogP contribution in [0.5, 0.6) is 0 Å². The molecule has 0 bridgehead atoms. The quantitative estimate of drug-likeness (QED) is 0.697. The standard InChI is InChI=1S/C17H21N5OS/c1-11(2)8-9-18-15(23)10-24-17-16-21-20-12(3)22(16)14-7-5-4-6-13(14)19-17/h4-7,11H,8-10H2,1-3H3,(H,18,23). The molecule has 0 aliphatic heterocycles. The predicted molar refractivity (Wildman–Crippen MR) is 96.2 cm³/mol. The first-order valence-corrected chi connectivity index (χ1v) is 9.05. The van der Waals surface area contributed by atoms with E-state index in [-0.39, 0.29) is 5.91 Å². The lowest BCUT2D eigenvalue weighted by molar-refractivity contribution is -0.118. The van der Waals surface area contributed by atoms with E-state index < -0.39 is 0 Å². The summed E-state index contributed by atoms with van der Waals surface area (Å²) in [5, 5.41) is 12.1. The van der Waals surface area contributed by atoms with Gasteiger partial charge in [0.25, 0.3) is 0 Å². The van der Waals surface area contributed by atoms with Crippen LogP contribution in [-0.4, -0.2) is 37.8 Å². The smallest absolute Gasteiger partial charge is 0.230 e. The fourth-order valence-electron chi connectivity index (χ4n) is 2.48. The van der Waals surface area contributed by atoms with E-state index in [9.17, 15) is 4.79 Å². The topological polar surface area (TPSA) is 72.2 Å². The zero-order chi connectivity index (χ0) is 17.1. The second-order valence-electron chi connectivity index (χ2n) is 6.13. The Hall–Kier alpha value is -2.15. The Labute approximate surface area is 145 Å². The van der Waals surface area contributed by atoms with Crippen LogP contribution >= 0.6 is 11.8 Å². The van der Waals surface area contributed by atoms with Gasteiger partial charge in [0.05, 0.1) is 16.8 Å². The molecule has 0 unspecified atom stereocenters. The van der Waals surface area contributed by atoms with Crippen molar-refractivity contribution in [2.45, 2.75) is 32.2 Å². The van der Waals surface area contributed by atoms with Gasteiger partial charge in [0.2, 0.25) is 5.91 Å². The Morgan fingerprint density at radius 1 is 1.29 bits per heavy atom. The molecule has 126 valence electrons. The van der Waals surface area contributed by atoms with E-state index >= 15 is 0 Å². The highest BCUT2D eigenvalue weighted by Crippen LogP contribution is 2.25. The van der Waals surface area contributed by atoms with E-state index in [4.69, 9.17) is 0 Å². The molecule has 0 aliphatic carbocycles. The molecule has 24 heavy (non-hydrogen) atoms. The van der Waals surface area contributed by atoms with Crippen molar-refractivity contribution in [3.8, 4) is 0 Å². The number of hydrogen-bond donors (Lipinski definition) is 1. The summed E-state index contributed by atoms with van der Waals surface area (Å²) >= 11 is 1.40. The third-order valence-corrected chi connectivity index (χ3v) is 4.70. The predicted octanol–water partition coefficient (Wildman–Crippen LogP) is 2.84. The third-order valence-electron chi connectivity index (χ3n) is 3.74.